The molecule has 0 unspecified atom stereocenters. The van der Waals surface area contributed by atoms with Gasteiger partial charge in [0.15, 0.2) is 6.29 Å². The molecule has 11 heavy (non-hydrogen) atoms. The summed E-state index contributed by atoms with van der Waals surface area (Å²) >= 11 is 0. The first-order valence-electron chi connectivity index (χ1n) is 3.26. The molecule has 0 aliphatic carbocycles. The molecule has 3 nitrogen and oxygen atoms in total. The van der Waals surface area contributed by atoms with Gasteiger partial charge < -0.3 is 9.47 Å². The Kier molecular flexibility index (Phi) is 3.01. The Morgan fingerprint density at radius 2 is 2.18 bits per heavy atom. The summed E-state index contributed by atoms with van der Waals surface area (Å²) in [4.78, 5) is 3.76. The Morgan fingerprint density at radius 3 is 2.64 bits per heavy atom. The van der Waals surface area contributed by atoms with Gasteiger partial charge in [-0.25, -0.2) is 0 Å². The Hall–Kier alpha value is -0.930. The van der Waals surface area contributed by atoms with E-state index in [1.165, 1.54) is 0 Å². The van der Waals surface area contributed by atoms with Gasteiger partial charge in [-0.2, -0.15) is 0 Å². The van der Waals surface area contributed by atoms with Crippen LogP contribution in [0.2, 0.25) is 0 Å². The molecular weight excluding hydrogens is 142 g/mol. The minimum Gasteiger partial charge on any atom is -0.352 e. The van der Waals surface area contributed by atoms with E-state index in [9.17, 15) is 0 Å². The first-order chi connectivity index (χ1) is 5.38. The number of hydrogen-bond donors (Lipinski definition) is 0. The highest BCUT2D eigenvalue weighted by atomic mass is 16.7. The van der Waals surface area contributed by atoms with E-state index < -0.39 is 0 Å². The lowest BCUT2D eigenvalue weighted by molar-refractivity contribution is -0.106. The van der Waals surface area contributed by atoms with Gasteiger partial charge in [-0.3, -0.25) is 4.98 Å². The summed E-state index contributed by atoms with van der Waals surface area (Å²) in [7, 11) is 3.18. The predicted octanol–water partition coefficient (Wildman–Crippen LogP) is 1.17. The van der Waals surface area contributed by atoms with Gasteiger partial charge in [0.25, 0.3) is 0 Å². The standard InChI is InChI=1S/C8H10NO2/c1-10-8(11-2)7-3-5-9-6-4-7/h3-5,8H,1-2H3. The molecule has 0 fully saturated rings. The van der Waals surface area contributed by atoms with E-state index >= 15 is 0 Å². The minimum atomic E-state index is -0.311. The molecule has 1 aromatic heterocycles. The summed E-state index contributed by atoms with van der Waals surface area (Å²) in [6.45, 7) is 0. The first-order valence-corrected chi connectivity index (χ1v) is 3.26. The molecule has 0 aliphatic heterocycles. The SMILES string of the molecule is COC(OC)c1c[c]ncc1. The van der Waals surface area contributed by atoms with Crippen LogP contribution in [0.4, 0.5) is 0 Å². The van der Waals surface area contributed by atoms with Crippen LogP contribution in [0.25, 0.3) is 0 Å². The molecule has 0 spiro atoms. The van der Waals surface area contributed by atoms with Gasteiger partial charge in [0.2, 0.25) is 0 Å². The molecule has 59 valence electrons. The Bertz CT molecular complexity index is 197. The van der Waals surface area contributed by atoms with Crippen molar-refractivity contribution in [1.82, 2.24) is 4.98 Å². The zero-order chi connectivity index (χ0) is 8.10. The lowest BCUT2D eigenvalue weighted by Gasteiger charge is -2.12. The molecule has 1 aromatic rings. The molecule has 0 amide bonds. The number of nitrogens with zero attached hydrogens (tertiary/aromatic N) is 1. The summed E-state index contributed by atoms with van der Waals surface area (Å²) in [5.41, 5.74) is 0.921. The highest BCUT2D eigenvalue weighted by molar-refractivity contribution is 5.10. The Labute approximate surface area is 66.0 Å². The summed E-state index contributed by atoms with van der Waals surface area (Å²) in [6, 6.07) is 3.56. The molecule has 0 N–H and O–H groups in total. The van der Waals surface area contributed by atoms with Crippen molar-refractivity contribution < 1.29 is 9.47 Å². The van der Waals surface area contributed by atoms with Gasteiger partial charge >= 0.3 is 0 Å². The summed E-state index contributed by atoms with van der Waals surface area (Å²) < 4.78 is 10.0. The predicted molar refractivity (Wildman–Crippen MR) is 39.8 cm³/mol. The quantitative estimate of drug-likeness (QED) is 0.609. The van der Waals surface area contributed by atoms with Gasteiger partial charge in [0.05, 0.1) is 6.20 Å². The number of hydrogen-bond acceptors (Lipinski definition) is 3. The van der Waals surface area contributed by atoms with Gasteiger partial charge in [-0.15, -0.1) is 0 Å². The summed E-state index contributed by atoms with van der Waals surface area (Å²) in [5, 5.41) is 0. The fraction of sp³-hybridized carbons (Fsp3) is 0.375. The normalized spacial score (nSPS) is 10.5. The third kappa shape index (κ3) is 2.00. The fourth-order valence-corrected chi connectivity index (χ4v) is 0.841. The maximum absolute atomic E-state index is 5.02. The van der Waals surface area contributed by atoms with Gasteiger partial charge in [-0.05, 0) is 12.1 Å². The van der Waals surface area contributed by atoms with Crippen molar-refractivity contribution in [3.8, 4) is 0 Å². The number of methoxy groups -OCH3 is 2. The van der Waals surface area contributed by atoms with E-state index in [0.29, 0.717) is 0 Å². The van der Waals surface area contributed by atoms with Gasteiger partial charge in [0.1, 0.15) is 0 Å². The van der Waals surface area contributed by atoms with Crippen LogP contribution in [-0.4, -0.2) is 19.2 Å². The van der Waals surface area contributed by atoms with Gasteiger partial charge in [-0.1, -0.05) is 0 Å². The average Bonchev–Trinajstić information content (AvgIpc) is 2.09. The van der Waals surface area contributed by atoms with Crippen molar-refractivity contribution in [3.05, 3.63) is 30.1 Å². The maximum Gasteiger partial charge on any atom is 0.183 e. The smallest absolute Gasteiger partial charge is 0.183 e. The molecule has 0 bridgehead atoms. The van der Waals surface area contributed by atoms with E-state index in [0.717, 1.165) is 5.56 Å². The molecule has 0 atom stereocenters. The average molecular weight is 152 g/mol. The summed E-state index contributed by atoms with van der Waals surface area (Å²) in [5.74, 6) is 0. The van der Waals surface area contributed by atoms with Crippen molar-refractivity contribution in [1.29, 1.82) is 0 Å². The minimum absolute atomic E-state index is 0.311. The number of aromatic nitrogens is 1. The number of pyridine rings is 1. The second-order valence-electron chi connectivity index (χ2n) is 2.02. The molecule has 3 heteroatoms. The molecule has 1 radical (unpaired) electrons. The van der Waals surface area contributed by atoms with Crippen LogP contribution in [0.1, 0.15) is 11.9 Å². The number of ether oxygens (including phenoxy) is 2. The molecule has 0 saturated heterocycles. The molecule has 1 rings (SSSR count). The topological polar surface area (TPSA) is 31.4 Å². The zero-order valence-electron chi connectivity index (χ0n) is 6.57. The van der Waals surface area contributed by atoms with Gasteiger partial charge in [0, 0.05) is 26.0 Å². The first kappa shape index (κ1) is 8.17. The second kappa shape index (κ2) is 4.05. The highest BCUT2D eigenvalue weighted by Crippen LogP contribution is 2.14. The molecular formula is C8H10NO2. The van der Waals surface area contributed by atoms with E-state index in [-0.39, 0.29) is 6.29 Å². The van der Waals surface area contributed by atoms with E-state index in [2.05, 4.69) is 11.2 Å². The zero-order valence-corrected chi connectivity index (χ0v) is 6.57. The van der Waals surface area contributed by atoms with Crippen molar-refractivity contribution >= 4 is 0 Å². The van der Waals surface area contributed by atoms with Crippen LogP contribution >= 0.6 is 0 Å². The van der Waals surface area contributed by atoms with Crippen LogP contribution in [0.3, 0.4) is 0 Å². The summed E-state index contributed by atoms with van der Waals surface area (Å²) in [6.07, 6.45) is 4.04. The van der Waals surface area contributed by atoms with E-state index in [1.807, 2.05) is 6.07 Å². The van der Waals surface area contributed by atoms with Crippen LogP contribution in [0.15, 0.2) is 18.3 Å². The van der Waals surface area contributed by atoms with Crippen molar-refractivity contribution in [2.45, 2.75) is 6.29 Å². The maximum atomic E-state index is 5.02. The van der Waals surface area contributed by atoms with E-state index in [1.54, 1.807) is 26.5 Å². The van der Waals surface area contributed by atoms with Crippen molar-refractivity contribution in [2.24, 2.45) is 0 Å². The lowest BCUT2D eigenvalue weighted by atomic mass is 10.3. The van der Waals surface area contributed by atoms with Crippen LogP contribution in [-0.2, 0) is 9.47 Å². The monoisotopic (exact) mass is 152 g/mol. The molecule has 1 heterocycles. The Morgan fingerprint density at radius 1 is 1.45 bits per heavy atom. The number of rotatable bonds is 3. The van der Waals surface area contributed by atoms with Crippen molar-refractivity contribution in [3.63, 3.8) is 0 Å². The largest absolute Gasteiger partial charge is 0.352 e. The molecule has 0 aliphatic rings. The lowest BCUT2D eigenvalue weighted by Crippen LogP contribution is -2.03. The van der Waals surface area contributed by atoms with Crippen LogP contribution in [0, 0.1) is 6.20 Å². The highest BCUT2D eigenvalue weighted by Gasteiger charge is 2.06. The molecule has 0 aromatic carbocycles. The molecule has 0 saturated carbocycles. The third-order valence-corrected chi connectivity index (χ3v) is 1.35. The third-order valence-electron chi connectivity index (χ3n) is 1.35. The fourth-order valence-electron chi connectivity index (χ4n) is 0.841. The van der Waals surface area contributed by atoms with Crippen LogP contribution in [0.5, 0.6) is 0 Å². The second-order valence-corrected chi connectivity index (χ2v) is 2.02. The Balaban J connectivity index is 2.74. The van der Waals surface area contributed by atoms with E-state index in [4.69, 9.17) is 9.47 Å². The van der Waals surface area contributed by atoms with Crippen LogP contribution < -0.4 is 0 Å². The van der Waals surface area contributed by atoms with Crippen molar-refractivity contribution in [2.75, 3.05) is 14.2 Å².